The Labute approximate surface area is 136 Å². The fraction of sp³-hybridized carbons (Fsp3) is 0.667. The third-order valence-electron chi connectivity index (χ3n) is 5.46. The van der Waals surface area contributed by atoms with Crippen LogP contribution in [0.2, 0.25) is 0 Å². The highest BCUT2D eigenvalue weighted by Gasteiger charge is 2.22. The molecule has 1 aliphatic carbocycles. The summed E-state index contributed by atoms with van der Waals surface area (Å²) in [5.41, 5.74) is 0.837. The zero-order valence-corrected chi connectivity index (χ0v) is 13.6. The lowest BCUT2D eigenvalue weighted by Gasteiger charge is -2.21. The van der Waals surface area contributed by atoms with Gasteiger partial charge in [0, 0.05) is 37.6 Å². The van der Waals surface area contributed by atoms with Gasteiger partial charge in [0.1, 0.15) is 11.3 Å². The normalized spacial score (nSPS) is 21.6. The predicted molar refractivity (Wildman–Crippen MR) is 89.0 cm³/mol. The van der Waals surface area contributed by atoms with Gasteiger partial charge < -0.3 is 9.30 Å². The van der Waals surface area contributed by atoms with Crippen molar-refractivity contribution in [3.05, 3.63) is 34.8 Å². The van der Waals surface area contributed by atoms with Crippen LogP contribution < -0.4 is 5.56 Å². The Bertz CT molecular complexity index is 719. The standard InChI is InChI=1S/C18H25N3O2/c22-18-16-13-19-17(14-7-11-23-12-8-14)21(16)10-9-20(18)15-5-3-1-2-4-6-15/h9-10,13-15H,1-8,11-12H2. The number of hydrogen-bond donors (Lipinski definition) is 0. The van der Waals surface area contributed by atoms with Crippen LogP contribution in [0.3, 0.4) is 0 Å². The summed E-state index contributed by atoms with van der Waals surface area (Å²) < 4.78 is 9.40. The fourth-order valence-corrected chi connectivity index (χ4v) is 4.11. The minimum absolute atomic E-state index is 0.116. The first-order chi connectivity index (χ1) is 11.3. The summed E-state index contributed by atoms with van der Waals surface area (Å²) in [6.45, 7) is 1.58. The summed E-state index contributed by atoms with van der Waals surface area (Å²) >= 11 is 0. The summed E-state index contributed by atoms with van der Waals surface area (Å²) in [5, 5.41) is 0. The molecule has 124 valence electrons. The first-order valence-corrected chi connectivity index (χ1v) is 9.00. The van der Waals surface area contributed by atoms with E-state index in [1.165, 1.54) is 25.7 Å². The topological polar surface area (TPSA) is 48.5 Å². The smallest absolute Gasteiger partial charge is 0.276 e. The van der Waals surface area contributed by atoms with Crippen molar-refractivity contribution < 1.29 is 4.74 Å². The molecule has 2 fully saturated rings. The van der Waals surface area contributed by atoms with Crippen LogP contribution in [0.4, 0.5) is 0 Å². The molecule has 2 aliphatic rings. The van der Waals surface area contributed by atoms with Crippen molar-refractivity contribution in [2.45, 2.75) is 63.3 Å². The minimum Gasteiger partial charge on any atom is -0.381 e. The fourth-order valence-electron chi connectivity index (χ4n) is 4.11. The van der Waals surface area contributed by atoms with E-state index in [1.54, 1.807) is 6.20 Å². The van der Waals surface area contributed by atoms with Crippen LogP contribution in [0.5, 0.6) is 0 Å². The maximum Gasteiger partial charge on any atom is 0.276 e. The van der Waals surface area contributed by atoms with E-state index in [2.05, 4.69) is 4.98 Å². The molecule has 0 bridgehead atoms. The van der Waals surface area contributed by atoms with E-state index in [-0.39, 0.29) is 5.56 Å². The number of aromatic nitrogens is 3. The molecule has 2 aromatic heterocycles. The molecule has 5 nitrogen and oxygen atoms in total. The molecular formula is C18H25N3O2. The highest BCUT2D eigenvalue weighted by atomic mass is 16.5. The Balaban J connectivity index is 1.70. The Kier molecular flexibility index (Phi) is 4.21. The number of ether oxygens (including phenoxy) is 1. The number of nitrogens with zero attached hydrogens (tertiary/aromatic N) is 3. The van der Waals surface area contributed by atoms with Crippen molar-refractivity contribution in [1.82, 2.24) is 14.0 Å². The lowest BCUT2D eigenvalue weighted by atomic mass is 10.00. The van der Waals surface area contributed by atoms with E-state index in [9.17, 15) is 4.79 Å². The minimum atomic E-state index is 0.116. The summed E-state index contributed by atoms with van der Waals surface area (Å²) in [4.78, 5) is 17.5. The quantitative estimate of drug-likeness (QED) is 0.799. The van der Waals surface area contributed by atoms with Gasteiger partial charge in [0.15, 0.2) is 0 Å². The summed E-state index contributed by atoms with van der Waals surface area (Å²) in [6.07, 6.45) is 15.1. The van der Waals surface area contributed by atoms with Crippen LogP contribution in [0.15, 0.2) is 23.4 Å². The van der Waals surface area contributed by atoms with Gasteiger partial charge in [-0.3, -0.25) is 9.20 Å². The van der Waals surface area contributed by atoms with Gasteiger partial charge in [0.25, 0.3) is 5.56 Å². The molecular weight excluding hydrogens is 290 g/mol. The molecule has 5 heteroatoms. The lowest BCUT2D eigenvalue weighted by Crippen LogP contribution is -2.26. The second kappa shape index (κ2) is 6.48. The number of hydrogen-bond acceptors (Lipinski definition) is 3. The molecule has 0 atom stereocenters. The van der Waals surface area contributed by atoms with Crippen LogP contribution >= 0.6 is 0 Å². The van der Waals surface area contributed by atoms with Gasteiger partial charge in [0.2, 0.25) is 0 Å². The third kappa shape index (κ3) is 2.82. The average molecular weight is 315 g/mol. The van der Waals surface area contributed by atoms with Gasteiger partial charge in [-0.05, 0) is 25.7 Å². The molecule has 0 aromatic carbocycles. The van der Waals surface area contributed by atoms with Gasteiger partial charge in [-0.1, -0.05) is 25.7 Å². The van der Waals surface area contributed by atoms with Gasteiger partial charge in [0.05, 0.1) is 6.20 Å². The molecule has 0 radical (unpaired) electrons. The summed E-state index contributed by atoms with van der Waals surface area (Å²) in [6, 6.07) is 0.358. The largest absolute Gasteiger partial charge is 0.381 e. The second-order valence-electron chi connectivity index (χ2n) is 6.91. The Morgan fingerprint density at radius 3 is 2.48 bits per heavy atom. The van der Waals surface area contributed by atoms with Crippen molar-refractivity contribution in [1.29, 1.82) is 0 Å². The van der Waals surface area contributed by atoms with Crippen molar-refractivity contribution in [3.63, 3.8) is 0 Å². The van der Waals surface area contributed by atoms with E-state index in [1.807, 2.05) is 21.4 Å². The summed E-state index contributed by atoms with van der Waals surface area (Å²) in [7, 11) is 0. The van der Waals surface area contributed by atoms with E-state index in [4.69, 9.17) is 4.74 Å². The molecule has 0 amide bonds. The maximum absolute atomic E-state index is 12.9. The third-order valence-corrected chi connectivity index (χ3v) is 5.46. The van der Waals surface area contributed by atoms with Gasteiger partial charge in [-0.25, -0.2) is 4.98 Å². The zero-order chi connectivity index (χ0) is 15.6. The molecule has 0 N–H and O–H groups in total. The van der Waals surface area contributed by atoms with Crippen LogP contribution in [0.1, 0.15) is 69.2 Å². The molecule has 3 heterocycles. The van der Waals surface area contributed by atoms with Crippen LogP contribution in [-0.4, -0.2) is 27.2 Å². The lowest BCUT2D eigenvalue weighted by molar-refractivity contribution is 0.0835. The van der Waals surface area contributed by atoms with E-state index in [0.29, 0.717) is 12.0 Å². The van der Waals surface area contributed by atoms with Gasteiger partial charge in [-0.2, -0.15) is 0 Å². The first kappa shape index (κ1) is 14.9. The number of rotatable bonds is 2. The molecule has 1 aliphatic heterocycles. The Morgan fingerprint density at radius 1 is 1.00 bits per heavy atom. The van der Waals surface area contributed by atoms with E-state index in [0.717, 1.165) is 50.2 Å². The van der Waals surface area contributed by atoms with Gasteiger partial charge in [-0.15, -0.1) is 0 Å². The van der Waals surface area contributed by atoms with Crippen molar-refractivity contribution in [2.75, 3.05) is 13.2 Å². The average Bonchev–Trinajstić information content (AvgIpc) is 2.84. The Hall–Kier alpha value is -1.62. The predicted octanol–water partition coefficient (Wildman–Crippen LogP) is 3.29. The van der Waals surface area contributed by atoms with Crippen LogP contribution in [0, 0.1) is 0 Å². The SMILES string of the molecule is O=c1c2cnc(C3CCOCC3)n2ccn1C1CCCCCC1. The van der Waals surface area contributed by atoms with Crippen molar-refractivity contribution in [2.24, 2.45) is 0 Å². The van der Waals surface area contributed by atoms with Crippen LogP contribution in [-0.2, 0) is 4.74 Å². The molecule has 0 unspecified atom stereocenters. The highest BCUT2D eigenvalue weighted by molar-refractivity contribution is 5.44. The second-order valence-corrected chi connectivity index (χ2v) is 6.91. The number of fused-ring (bicyclic) bond motifs is 1. The number of imidazole rings is 1. The highest BCUT2D eigenvalue weighted by Crippen LogP contribution is 2.28. The molecule has 2 aromatic rings. The Morgan fingerprint density at radius 2 is 1.74 bits per heavy atom. The van der Waals surface area contributed by atoms with Crippen molar-refractivity contribution >= 4 is 5.52 Å². The van der Waals surface area contributed by atoms with E-state index < -0.39 is 0 Å². The van der Waals surface area contributed by atoms with Crippen molar-refractivity contribution in [3.8, 4) is 0 Å². The maximum atomic E-state index is 12.9. The van der Waals surface area contributed by atoms with Gasteiger partial charge >= 0.3 is 0 Å². The summed E-state index contributed by atoms with van der Waals surface area (Å²) in [5.74, 6) is 1.42. The first-order valence-electron chi connectivity index (χ1n) is 9.00. The monoisotopic (exact) mass is 315 g/mol. The van der Waals surface area contributed by atoms with Crippen LogP contribution in [0.25, 0.3) is 5.52 Å². The molecule has 23 heavy (non-hydrogen) atoms. The molecule has 4 rings (SSSR count). The molecule has 1 saturated carbocycles. The molecule has 1 saturated heterocycles. The molecule has 0 spiro atoms. The van der Waals surface area contributed by atoms with E-state index >= 15 is 0 Å². The zero-order valence-electron chi connectivity index (χ0n) is 13.6.